The number of rotatable bonds is 4. The molecule has 0 spiro atoms. The molecule has 1 saturated heterocycles. The van der Waals surface area contributed by atoms with Crippen LogP contribution < -0.4 is 10.0 Å². The van der Waals surface area contributed by atoms with E-state index in [0.29, 0.717) is 12.2 Å². The minimum absolute atomic E-state index is 0. The topological polar surface area (TPSA) is 84.0 Å². The van der Waals surface area contributed by atoms with Gasteiger partial charge in [0.05, 0.1) is 5.69 Å². The largest absolute Gasteiger partial charge is 0.315 e. The summed E-state index contributed by atoms with van der Waals surface area (Å²) in [5.74, 6) is 0. The molecule has 2 atom stereocenters. The summed E-state index contributed by atoms with van der Waals surface area (Å²) in [4.78, 5) is 7.91. The van der Waals surface area contributed by atoms with E-state index in [1.807, 2.05) is 0 Å². The molecule has 18 heavy (non-hydrogen) atoms. The summed E-state index contributed by atoms with van der Waals surface area (Å²) < 4.78 is 26.9. The van der Waals surface area contributed by atoms with Crippen molar-refractivity contribution >= 4 is 22.4 Å². The maximum absolute atomic E-state index is 12.1. The number of aromatic nitrogens is 2. The second-order valence-electron chi connectivity index (χ2n) is 4.13. The molecule has 2 heterocycles. The maximum atomic E-state index is 12.1. The number of nitrogens with one attached hydrogen (secondary N) is 2. The lowest BCUT2D eigenvalue weighted by Gasteiger charge is -2.16. The average molecular weight is 293 g/mol. The van der Waals surface area contributed by atoms with Crippen LogP contribution in [0.4, 0.5) is 0 Å². The van der Waals surface area contributed by atoms with Crippen LogP contribution in [0.25, 0.3) is 0 Å². The maximum Gasteiger partial charge on any atom is 0.220 e. The molecule has 0 aliphatic carbocycles. The van der Waals surface area contributed by atoms with Crippen molar-refractivity contribution in [3.63, 3.8) is 0 Å². The van der Waals surface area contributed by atoms with Gasteiger partial charge >= 0.3 is 0 Å². The zero-order valence-electron chi connectivity index (χ0n) is 10.0. The van der Waals surface area contributed by atoms with Crippen LogP contribution in [0.2, 0.25) is 0 Å². The number of nitrogens with zero attached hydrogens (tertiary/aromatic N) is 2. The summed E-state index contributed by atoms with van der Waals surface area (Å²) in [5.41, 5.74) is 0.464. The van der Waals surface area contributed by atoms with Crippen LogP contribution in [0.1, 0.15) is 24.3 Å². The average Bonchev–Trinajstić information content (AvgIpc) is 2.81. The van der Waals surface area contributed by atoms with Gasteiger partial charge in [0.15, 0.2) is 0 Å². The Morgan fingerprint density at radius 3 is 2.83 bits per heavy atom. The van der Waals surface area contributed by atoms with Crippen LogP contribution in [0, 0.1) is 0 Å². The molecule has 2 unspecified atom stereocenters. The van der Waals surface area contributed by atoms with Crippen molar-refractivity contribution in [1.29, 1.82) is 0 Å². The number of sulfonamides is 1. The second-order valence-corrected chi connectivity index (χ2v) is 6.16. The molecule has 2 N–H and O–H groups in total. The third-order valence-electron chi connectivity index (χ3n) is 2.86. The van der Waals surface area contributed by atoms with E-state index in [1.54, 1.807) is 6.92 Å². The quantitative estimate of drug-likeness (QED) is 0.830. The van der Waals surface area contributed by atoms with Crippen molar-refractivity contribution in [2.75, 3.05) is 13.1 Å². The van der Waals surface area contributed by atoms with Gasteiger partial charge in [-0.1, -0.05) is 0 Å². The number of hydrogen-bond acceptors (Lipinski definition) is 5. The normalized spacial score (nSPS) is 21.3. The lowest BCUT2D eigenvalue weighted by molar-refractivity contribution is 0.549. The molecule has 6 nitrogen and oxygen atoms in total. The second kappa shape index (κ2) is 6.42. The first-order valence-electron chi connectivity index (χ1n) is 5.57. The highest BCUT2D eigenvalue weighted by Gasteiger charge is 2.28. The molecule has 2 rings (SSSR count). The summed E-state index contributed by atoms with van der Waals surface area (Å²) in [6, 6.07) is -0.0147. The number of hydrogen-bond donors (Lipinski definition) is 2. The van der Waals surface area contributed by atoms with Gasteiger partial charge in [0.1, 0.15) is 5.25 Å². The molecule has 0 saturated carbocycles. The molecule has 8 heteroatoms. The van der Waals surface area contributed by atoms with E-state index < -0.39 is 15.3 Å². The molecule has 1 aromatic rings. The van der Waals surface area contributed by atoms with Crippen molar-refractivity contribution in [2.24, 2.45) is 0 Å². The van der Waals surface area contributed by atoms with Crippen molar-refractivity contribution in [1.82, 2.24) is 20.0 Å². The first-order chi connectivity index (χ1) is 8.09. The standard InChI is InChI=1S/C10H16N4O2S.ClH/c1-8(10-7-12-4-5-13-10)17(15,16)14-9-2-3-11-6-9;/h4-5,7-9,11,14H,2-3,6H2,1H3;1H. The fourth-order valence-corrected chi connectivity index (χ4v) is 3.08. The fourth-order valence-electron chi connectivity index (χ4n) is 1.77. The highest BCUT2D eigenvalue weighted by Crippen LogP contribution is 2.18. The van der Waals surface area contributed by atoms with Crippen molar-refractivity contribution in [3.8, 4) is 0 Å². The van der Waals surface area contributed by atoms with Crippen LogP contribution in [0.5, 0.6) is 0 Å². The Hall–Kier alpha value is -0.760. The lowest BCUT2D eigenvalue weighted by Crippen LogP contribution is -2.38. The Morgan fingerprint density at radius 1 is 1.50 bits per heavy atom. The van der Waals surface area contributed by atoms with E-state index in [2.05, 4.69) is 20.0 Å². The molecule has 0 bridgehead atoms. The SMILES string of the molecule is CC(c1cnccn1)S(=O)(=O)NC1CCNC1.Cl. The highest BCUT2D eigenvalue weighted by molar-refractivity contribution is 7.89. The van der Waals surface area contributed by atoms with Crippen LogP contribution >= 0.6 is 12.4 Å². The Balaban J connectivity index is 0.00000162. The predicted octanol–water partition coefficient (Wildman–Crippen LogP) is 0.241. The van der Waals surface area contributed by atoms with Crippen molar-refractivity contribution in [2.45, 2.75) is 24.6 Å². The van der Waals surface area contributed by atoms with Crippen LogP contribution in [-0.4, -0.2) is 37.5 Å². The molecule has 0 radical (unpaired) electrons. The van der Waals surface area contributed by atoms with Gasteiger partial charge < -0.3 is 5.32 Å². The molecule has 0 amide bonds. The van der Waals surface area contributed by atoms with E-state index in [-0.39, 0.29) is 18.4 Å². The van der Waals surface area contributed by atoms with Gasteiger partial charge in [-0.2, -0.15) is 0 Å². The summed E-state index contributed by atoms with van der Waals surface area (Å²) >= 11 is 0. The van der Waals surface area contributed by atoms with Crippen molar-refractivity contribution < 1.29 is 8.42 Å². The van der Waals surface area contributed by atoms with Gasteiger partial charge in [-0.25, -0.2) is 13.1 Å². The molecule has 1 aromatic heterocycles. The summed E-state index contributed by atoms with van der Waals surface area (Å²) in [5, 5.41) is 2.44. The molecule has 1 fully saturated rings. The Kier molecular flexibility index (Phi) is 5.46. The third-order valence-corrected chi connectivity index (χ3v) is 4.69. The Bertz CT molecular complexity index is 462. The Labute approximate surface area is 113 Å². The first-order valence-corrected chi connectivity index (χ1v) is 7.12. The van der Waals surface area contributed by atoms with Gasteiger partial charge in [0.25, 0.3) is 0 Å². The van der Waals surface area contributed by atoms with Gasteiger partial charge in [-0.15, -0.1) is 12.4 Å². The van der Waals surface area contributed by atoms with E-state index in [9.17, 15) is 8.42 Å². The van der Waals surface area contributed by atoms with Gasteiger partial charge in [-0.3, -0.25) is 9.97 Å². The molecular formula is C10H17ClN4O2S. The molecular weight excluding hydrogens is 276 g/mol. The Morgan fingerprint density at radius 2 is 2.28 bits per heavy atom. The van der Waals surface area contributed by atoms with Crippen LogP contribution in [-0.2, 0) is 10.0 Å². The smallest absolute Gasteiger partial charge is 0.220 e. The monoisotopic (exact) mass is 292 g/mol. The van der Waals surface area contributed by atoms with E-state index in [4.69, 9.17) is 0 Å². The van der Waals surface area contributed by atoms with Gasteiger partial charge in [0.2, 0.25) is 10.0 Å². The molecule has 102 valence electrons. The number of halogens is 1. The fraction of sp³-hybridized carbons (Fsp3) is 0.600. The zero-order chi connectivity index (χ0) is 12.3. The molecule has 0 aromatic carbocycles. The predicted molar refractivity (Wildman–Crippen MR) is 71.0 cm³/mol. The lowest BCUT2D eigenvalue weighted by atomic mass is 10.3. The first kappa shape index (κ1) is 15.3. The molecule has 1 aliphatic heterocycles. The van der Waals surface area contributed by atoms with E-state index in [0.717, 1.165) is 13.0 Å². The zero-order valence-corrected chi connectivity index (χ0v) is 11.7. The summed E-state index contributed by atoms with van der Waals surface area (Å²) in [7, 11) is -3.39. The van der Waals surface area contributed by atoms with Gasteiger partial charge in [0, 0.05) is 31.2 Å². The van der Waals surface area contributed by atoms with Crippen molar-refractivity contribution in [3.05, 3.63) is 24.3 Å². The minimum atomic E-state index is -3.39. The van der Waals surface area contributed by atoms with E-state index >= 15 is 0 Å². The van der Waals surface area contributed by atoms with E-state index in [1.165, 1.54) is 18.6 Å². The summed E-state index contributed by atoms with van der Waals surface area (Å²) in [6.45, 7) is 3.16. The minimum Gasteiger partial charge on any atom is -0.315 e. The summed E-state index contributed by atoms with van der Waals surface area (Å²) in [6.07, 6.45) is 5.33. The van der Waals surface area contributed by atoms with Crippen LogP contribution in [0.3, 0.4) is 0 Å². The third kappa shape index (κ3) is 3.61. The highest BCUT2D eigenvalue weighted by atomic mass is 35.5. The molecule has 1 aliphatic rings. The van der Waals surface area contributed by atoms with Gasteiger partial charge in [-0.05, 0) is 19.9 Å². The van der Waals surface area contributed by atoms with Crippen LogP contribution in [0.15, 0.2) is 18.6 Å².